The molecule has 250 valence electrons. The van der Waals surface area contributed by atoms with Crippen LogP contribution in [0.3, 0.4) is 0 Å². The lowest BCUT2D eigenvalue weighted by atomic mass is 9.79. The molecule has 2 bridgehead atoms. The minimum atomic E-state index is -0.197. The van der Waals surface area contributed by atoms with Gasteiger partial charge in [-0.3, -0.25) is 0 Å². The number of rotatable bonds is 2. The van der Waals surface area contributed by atoms with Crippen molar-refractivity contribution in [3.8, 4) is 33.4 Å². The predicted molar refractivity (Wildman–Crippen MR) is 227 cm³/mol. The van der Waals surface area contributed by atoms with Gasteiger partial charge in [-0.05, 0) is 69.6 Å². The molecule has 8 aromatic carbocycles. The number of nitrogens with one attached hydrogen (secondary N) is 1. The Morgan fingerprint density at radius 2 is 1.28 bits per heavy atom. The van der Waals surface area contributed by atoms with Gasteiger partial charge in [-0.1, -0.05) is 141 Å². The highest BCUT2D eigenvalue weighted by molar-refractivity contribution is 8.00. The first-order chi connectivity index (χ1) is 26.1. The van der Waals surface area contributed by atoms with Gasteiger partial charge in [0.05, 0.1) is 22.0 Å². The third-order valence-corrected chi connectivity index (χ3v) is 14.2. The zero-order valence-electron chi connectivity index (χ0n) is 29.2. The standard InChI is InChI=1S/C49H32N2S2/c1-49(2)37-21-9-6-18-33(37)43-44(49)34-20-12-19-32-30-16-7-10-22-38(30)50-39-23-13-24-40-47(39)53-48(42(32)34)45(43)51(40)29-26-35(28-14-4-3-5-15-28)46-36(27-29)31-17-8-11-25-41(31)52-46/h3-27,50H,1-2H3. The van der Waals surface area contributed by atoms with Crippen LogP contribution in [0.5, 0.6) is 0 Å². The van der Waals surface area contributed by atoms with Gasteiger partial charge < -0.3 is 10.2 Å². The highest BCUT2D eigenvalue weighted by Gasteiger charge is 2.43. The Labute approximate surface area is 316 Å². The molecule has 1 N–H and O–H groups in total. The van der Waals surface area contributed by atoms with E-state index in [1.165, 1.54) is 102 Å². The molecule has 3 heterocycles. The Hall–Kier alpha value is -5.81. The lowest BCUT2D eigenvalue weighted by molar-refractivity contribution is 0.666. The fourth-order valence-electron chi connectivity index (χ4n) is 9.46. The van der Waals surface area contributed by atoms with Gasteiger partial charge in [-0.2, -0.15) is 0 Å². The first-order valence-electron chi connectivity index (χ1n) is 18.3. The summed E-state index contributed by atoms with van der Waals surface area (Å²) in [4.78, 5) is 5.18. The first kappa shape index (κ1) is 29.7. The van der Waals surface area contributed by atoms with E-state index in [0.29, 0.717) is 0 Å². The Bertz CT molecular complexity index is 3050. The molecule has 0 radical (unpaired) electrons. The monoisotopic (exact) mass is 712 g/mol. The normalized spacial score (nSPS) is 14.4. The quantitative estimate of drug-likeness (QED) is 0.192. The molecule has 4 heteroatoms. The molecule has 53 heavy (non-hydrogen) atoms. The van der Waals surface area contributed by atoms with Gasteiger partial charge in [0.2, 0.25) is 0 Å². The van der Waals surface area contributed by atoms with Crippen LogP contribution in [0.15, 0.2) is 161 Å². The topological polar surface area (TPSA) is 15.3 Å². The molecule has 0 fully saturated rings. The molecule has 0 atom stereocenters. The molecule has 2 aliphatic heterocycles. The van der Waals surface area contributed by atoms with E-state index >= 15 is 0 Å². The highest BCUT2D eigenvalue weighted by atomic mass is 32.2. The van der Waals surface area contributed by atoms with Crippen LogP contribution in [0.2, 0.25) is 0 Å². The van der Waals surface area contributed by atoms with Gasteiger partial charge >= 0.3 is 0 Å². The van der Waals surface area contributed by atoms with Crippen LogP contribution in [0, 0.1) is 0 Å². The van der Waals surface area contributed by atoms with Crippen molar-refractivity contribution >= 4 is 82.5 Å². The molecule has 1 aliphatic carbocycles. The molecule has 2 nitrogen and oxygen atoms in total. The van der Waals surface area contributed by atoms with Gasteiger partial charge in [0, 0.05) is 63.9 Å². The van der Waals surface area contributed by atoms with Crippen LogP contribution in [-0.2, 0) is 5.41 Å². The lowest BCUT2D eigenvalue weighted by Crippen LogP contribution is -2.19. The van der Waals surface area contributed by atoms with Crippen molar-refractivity contribution < 1.29 is 0 Å². The van der Waals surface area contributed by atoms with Gasteiger partial charge in [0.1, 0.15) is 0 Å². The summed E-state index contributed by atoms with van der Waals surface area (Å²) in [6.07, 6.45) is 0. The second-order valence-corrected chi connectivity index (χ2v) is 17.0. The summed E-state index contributed by atoms with van der Waals surface area (Å²) in [7, 11) is 0. The Balaban J connectivity index is 1.30. The van der Waals surface area contributed by atoms with Crippen molar-refractivity contribution in [2.75, 3.05) is 10.2 Å². The van der Waals surface area contributed by atoms with Crippen LogP contribution in [0.4, 0.5) is 28.4 Å². The maximum Gasteiger partial charge on any atom is 0.0689 e. The van der Waals surface area contributed by atoms with Crippen molar-refractivity contribution in [1.82, 2.24) is 0 Å². The molecular formula is C49H32N2S2. The second kappa shape index (κ2) is 10.6. The van der Waals surface area contributed by atoms with E-state index < -0.39 is 0 Å². The smallest absolute Gasteiger partial charge is 0.0689 e. The average molecular weight is 713 g/mol. The van der Waals surface area contributed by atoms with Crippen molar-refractivity contribution in [1.29, 1.82) is 0 Å². The fraction of sp³-hybridized carbons (Fsp3) is 0.0612. The Kier molecular flexibility index (Phi) is 5.96. The number of benzene rings is 8. The summed E-state index contributed by atoms with van der Waals surface area (Å²) in [5, 5.41) is 9.21. The molecule has 0 unspecified atom stereocenters. The number of para-hydroxylation sites is 1. The van der Waals surface area contributed by atoms with Crippen LogP contribution in [-0.4, -0.2) is 0 Å². The van der Waals surface area contributed by atoms with Gasteiger partial charge in [-0.15, -0.1) is 11.3 Å². The van der Waals surface area contributed by atoms with Crippen molar-refractivity contribution in [2.45, 2.75) is 29.1 Å². The zero-order valence-corrected chi connectivity index (χ0v) is 30.8. The van der Waals surface area contributed by atoms with Gasteiger partial charge in [0.25, 0.3) is 0 Å². The van der Waals surface area contributed by atoms with Crippen molar-refractivity contribution in [3.63, 3.8) is 0 Å². The summed E-state index contributed by atoms with van der Waals surface area (Å²) in [5.74, 6) is 0. The maximum atomic E-state index is 3.93. The average Bonchev–Trinajstić information content (AvgIpc) is 3.70. The van der Waals surface area contributed by atoms with Crippen LogP contribution in [0.1, 0.15) is 25.0 Å². The van der Waals surface area contributed by atoms with E-state index in [4.69, 9.17) is 0 Å². The summed E-state index contributed by atoms with van der Waals surface area (Å²) in [5.41, 5.74) is 16.2. The van der Waals surface area contributed by atoms with Crippen molar-refractivity contribution in [2.24, 2.45) is 0 Å². The summed E-state index contributed by atoms with van der Waals surface area (Å²) in [6, 6.07) is 56.5. The number of anilines is 5. The van der Waals surface area contributed by atoms with E-state index in [0.717, 1.165) is 11.4 Å². The largest absolute Gasteiger partial charge is 0.354 e. The SMILES string of the molecule is CC1(C)c2ccccc2-c2c3c4c5c(cccc5c21)-c1ccccc1Nc1cccc(c1S4)N3c1cc(-c2ccccc2)c2sc3ccccc3c2c1. The molecular weight excluding hydrogens is 681 g/mol. The number of nitrogens with zero attached hydrogens (tertiary/aromatic N) is 1. The van der Waals surface area contributed by atoms with Crippen LogP contribution >= 0.6 is 23.1 Å². The third kappa shape index (κ3) is 3.95. The maximum absolute atomic E-state index is 3.93. The van der Waals surface area contributed by atoms with E-state index in [9.17, 15) is 0 Å². The fourth-order valence-corrected chi connectivity index (χ4v) is 12.0. The van der Waals surface area contributed by atoms with Crippen LogP contribution < -0.4 is 10.2 Å². The molecule has 12 rings (SSSR count). The lowest BCUT2D eigenvalue weighted by Gasteiger charge is -2.37. The second-order valence-electron chi connectivity index (χ2n) is 14.9. The molecule has 9 aromatic rings. The van der Waals surface area contributed by atoms with Crippen molar-refractivity contribution in [3.05, 3.63) is 163 Å². The highest BCUT2D eigenvalue weighted by Crippen LogP contribution is 2.66. The van der Waals surface area contributed by atoms with E-state index in [2.05, 4.69) is 176 Å². The molecule has 0 amide bonds. The minimum Gasteiger partial charge on any atom is -0.354 e. The summed E-state index contributed by atoms with van der Waals surface area (Å²) in [6.45, 7) is 4.85. The molecule has 0 saturated carbocycles. The molecule has 3 aliphatic rings. The first-order valence-corrected chi connectivity index (χ1v) is 19.9. The Morgan fingerprint density at radius 1 is 0.566 bits per heavy atom. The summed E-state index contributed by atoms with van der Waals surface area (Å²) >= 11 is 3.83. The summed E-state index contributed by atoms with van der Waals surface area (Å²) < 4.78 is 2.64. The molecule has 0 saturated heterocycles. The third-order valence-electron chi connectivity index (χ3n) is 11.7. The minimum absolute atomic E-state index is 0.197. The van der Waals surface area contributed by atoms with Gasteiger partial charge in [0.15, 0.2) is 0 Å². The number of hydrogen-bond donors (Lipinski definition) is 1. The predicted octanol–water partition coefficient (Wildman–Crippen LogP) is 14.8. The van der Waals surface area contributed by atoms with Crippen LogP contribution in [0.25, 0.3) is 64.3 Å². The van der Waals surface area contributed by atoms with E-state index in [-0.39, 0.29) is 5.41 Å². The zero-order chi connectivity index (χ0) is 35.0. The number of hydrogen-bond acceptors (Lipinski definition) is 4. The van der Waals surface area contributed by atoms with E-state index in [1.807, 2.05) is 23.1 Å². The number of fused-ring (bicyclic) bond motifs is 10. The molecule has 0 spiro atoms. The molecule has 1 aromatic heterocycles. The van der Waals surface area contributed by atoms with E-state index in [1.54, 1.807) is 0 Å². The Morgan fingerprint density at radius 3 is 2.19 bits per heavy atom. The van der Waals surface area contributed by atoms with Gasteiger partial charge in [-0.25, -0.2) is 0 Å². The number of thiophene rings is 1.